The summed E-state index contributed by atoms with van der Waals surface area (Å²) in [5.74, 6) is 1.23. The predicted molar refractivity (Wildman–Crippen MR) is 114 cm³/mol. The molecular formula is C21H25ClN4O2. The molecule has 0 aliphatic rings. The first-order valence-corrected chi connectivity index (χ1v) is 9.32. The molecule has 0 saturated heterocycles. The molecule has 2 aromatic rings. The Labute approximate surface area is 170 Å². The van der Waals surface area contributed by atoms with E-state index in [-0.39, 0.29) is 5.91 Å². The average Bonchev–Trinajstić information content (AvgIpc) is 2.72. The van der Waals surface area contributed by atoms with Crippen LogP contribution < -0.4 is 20.7 Å². The van der Waals surface area contributed by atoms with Crippen molar-refractivity contribution >= 4 is 23.5 Å². The van der Waals surface area contributed by atoms with Crippen LogP contribution in [0.5, 0.6) is 5.75 Å². The number of nitrogens with zero attached hydrogens (tertiary/aromatic N) is 1. The Hall–Kier alpha value is -2.99. The summed E-state index contributed by atoms with van der Waals surface area (Å²) in [4.78, 5) is 16.3. The van der Waals surface area contributed by atoms with Crippen LogP contribution in [0, 0.1) is 0 Å². The highest BCUT2D eigenvalue weighted by Gasteiger charge is 2.08. The van der Waals surface area contributed by atoms with Crippen molar-refractivity contribution in [3.63, 3.8) is 0 Å². The fourth-order valence-corrected chi connectivity index (χ4v) is 2.66. The van der Waals surface area contributed by atoms with Gasteiger partial charge in [0.15, 0.2) is 5.96 Å². The normalized spacial score (nSPS) is 10.9. The van der Waals surface area contributed by atoms with E-state index >= 15 is 0 Å². The van der Waals surface area contributed by atoms with Gasteiger partial charge in [0.25, 0.3) is 5.91 Å². The second-order valence-electron chi connectivity index (χ2n) is 5.80. The monoisotopic (exact) mass is 400 g/mol. The number of aliphatic imine (C=N–C) groups is 1. The molecule has 0 heterocycles. The standard InChI is InChI=1S/C21H25ClN4O2/c1-3-14-28-19-11-7-4-8-16(19)15-26-21(23-2)25-13-12-24-20(27)17-9-5-6-10-18(17)22/h3-11H,1,12-15H2,2H3,(H,24,27)(H2,23,25,26). The summed E-state index contributed by atoms with van der Waals surface area (Å²) in [6.45, 7) is 5.62. The fraction of sp³-hybridized carbons (Fsp3) is 0.238. The molecule has 7 heteroatoms. The van der Waals surface area contributed by atoms with E-state index in [0.717, 1.165) is 11.3 Å². The SMILES string of the molecule is C=CCOc1ccccc1CNC(=NC)NCCNC(=O)c1ccccc1Cl. The van der Waals surface area contributed by atoms with E-state index in [1.807, 2.05) is 24.3 Å². The molecule has 0 radical (unpaired) electrons. The second-order valence-corrected chi connectivity index (χ2v) is 6.20. The summed E-state index contributed by atoms with van der Waals surface area (Å²) in [5, 5.41) is 9.65. The van der Waals surface area contributed by atoms with Crippen LogP contribution in [0.3, 0.4) is 0 Å². The molecule has 0 spiro atoms. The van der Waals surface area contributed by atoms with E-state index in [1.54, 1.807) is 37.4 Å². The van der Waals surface area contributed by atoms with Gasteiger partial charge in [0.2, 0.25) is 0 Å². The molecule has 0 aromatic heterocycles. The number of benzene rings is 2. The molecule has 0 bridgehead atoms. The number of hydrogen-bond donors (Lipinski definition) is 3. The molecule has 0 aliphatic heterocycles. The number of halogens is 1. The summed E-state index contributed by atoms with van der Waals surface area (Å²) in [6, 6.07) is 14.7. The van der Waals surface area contributed by atoms with Crippen LogP contribution in [0.2, 0.25) is 5.02 Å². The maximum absolute atomic E-state index is 12.1. The van der Waals surface area contributed by atoms with Gasteiger partial charge in [-0.1, -0.05) is 54.6 Å². The van der Waals surface area contributed by atoms with E-state index in [4.69, 9.17) is 16.3 Å². The lowest BCUT2D eigenvalue weighted by atomic mass is 10.2. The van der Waals surface area contributed by atoms with Gasteiger partial charge in [-0.25, -0.2) is 0 Å². The third kappa shape index (κ3) is 6.63. The van der Waals surface area contributed by atoms with Crippen LogP contribution in [-0.4, -0.2) is 38.6 Å². The number of rotatable bonds is 9. The van der Waals surface area contributed by atoms with Gasteiger partial charge in [-0.3, -0.25) is 9.79 Å². The number of carbonyl (C=O) groups excluding carboxylic acids is 1. The first-order valence-electron chi connectivity index (χ1n) is 8.94. The molecule has 0 unspecified atom stereocenters. The minimum absolute atomic E-state index is 0.205. The Balaban J connectivity index is 1.77. The number of ether oxygens (including phenoxy) is 1. The molecule has 3 N–H and O–H groups in total. The van der Waals surface area contributed by atoms with Crippen molar-refractivity contribution in [3.8, 4) is 5.75 Å². The zero-order chi connectivity index (χ0) is 20.2. The second kappa shape index (κ2) is 11.7. The molecule has 0 fully saturated rings. The van der Waals surface area contributed by atoms with E-state index in [9.17, 15) is 4.79 Å². The summed E-state index contributed by atoms with van der Waals surface area (Å²) in [5.41, 5.74) is 1.47. The third-order valence-electron chi connectivity index (χ3n) is 3.82. The van der Waals surface area contributed by atoms with Gasteiger partial charge in [-0.05, 0) is 18.2 Å². The number of para-hydroxylation sites is 1. The lowest BCUT2D eigenvalue weighted by molar-refractivity contribution is 0.0954. The Bertz CT molecular complexity index is 824. The van der Waals surface area contributed by atoms with Gasteiger partial charge in [0.1, 0.15) is 12.4 Å². The molecule has 148 valence electrons. The van der Waals surface area contributed by atoms with Crippen molar-refractivity contribution in [3.05, 3.63) is 77.3 Å². The molecule has 28 heavy (non-hydrogen) atoms. The van der Waals surface area contributed by atoms with Crippen molar-refractivity contribution < 1.29 is 9.53 Å². The summed E-state index contributed by atoms with van der Waals surface area (Å²) >= 11 is 6.03. The highest BCUT2D eigenvalue weighted by Crippen LogP contribution is 2.17. The van der Waals surface area contributed by atoms with Gasteiger partial charge in [-0.15, -0.1) is 0 Å². The molecular weight excluding hydrogens is 376 g/mol. The molecule has 0 saturated carbocycles. The van der Waals surface area contributed by atoms with Gasteiger partial charge < -0.3 is 20.7 Å². The largest absolute Gasteiger partial charge is 0.489 e. The Morgan fingerprint density at radius 2 is 1.82 bits per heavy atom. The van der Waals surface area contributed by atoms with E-state index in [2.05, 4.69) is 27.5 Å². The van der Waals surface area contributed by atoms with Crippen LogP contribution >= 0.6 is 11.6 Å². The minimum Gasteiger partial charge on any atom is -0.489 e. The van der Waals surface area contributed by atoms with Crippen LogP contribution in [0.4, 0.5) is 0 Å². The number of amides is 1. The molecule has 0 atom stereocenters. The minimum atomic E-state index is -0.205. The number of nitrogens with one attached hydrogen (secondary N) is 3. The van der Waals surface area contributed by atoms with E-state index in [0.29, 0.717) is 42.8 Å². The summed E-state index contributed by atoms with van der Waals surface area (Å²) < 4.78 is 5.65. The first kappa shape index (κ1) is 21.3. The maximum atomic E-state index is 12.1. The van der Waals surface area contributed by atoms with Gasteiger partial charge >= 0.3 is 0 Å². The number of carbonyl (C=O) groups is 1. The number of guanidine groups is 1. The molecule has 2 aromatic carbocycles. The lowest BCUT2D eigenvalue weighted by Gasteiger charge is -2.14. The van der Waals surface area contributed by atoms with E-state index < -0.39 is 0 Å². The fourth-order valence-electron chi connectivity index (χ4n) is 2.44. The topological polar surface area (TPSA) is 74.8 Å². The smallest absolute Gasteiger partial charge is 0.252 e. The van der Waals surface area contributed by atoms with Crippen LogP contribution in [-0.2, 0) is 6.54 Å². The van der Waals surface area contributed by atoms with Crippen LogP contribution in [0.25, 0.3) is 0 Å². The molecule has 0 aliphatic carbocycles. The first-order chi connectivity index (χ1) is 13.7. The average molecular weight is 401 g/mol. The van der Waals surface area contributed by atoms with Gasteiger partial charge in [0.05, 0.1) is 10.6 Å². The molecule has 6 nitrogen and oxygen atoms in total. The van der Waals surface area contributed by atoms with E-state index in [1.165, 1.54) is 0 Å². The highest BCUT2D eigenvalue weighted by atomic mass is 35.5. The zero-order valence-electron chi connectivity index (χ0n) is 15.9. The Morgan fingerprint density at radius 3 is 2.57 bits per heavy atom. The van der Waals surface area contributed by atoms with Crippen LogP contribution in [0.1, 0.15) is 15.9 Å². The third-order valence-corrected chi connectivity index (χ3v) is 4.15. The lowest BCUT2D eigenvalue weighted by Crippen LogP contribution is -2.41. The van der Waals surface area contributed by atoms with Crippen molar-refractivity contribution in [2.24, 2.45) is 4.99 Å². The van der Waals surface area contributed by atoms with Gasteiger partial charge in [-0.2, -0.15) is 0 Å². The maximum Gasteiger partial charge on any atom is 0.252 e. The quantitative estimate of drug-likeness (QED) is 0.262. The summed E-state index contributed by atoms with van der Waals surface area (Å²) in [6.07, 6.45) is 1.71. The Kier molecular flexibility index (Phi) is 8.88. The van der Waals surface area contributed by atoms with Crippen molar-refractivity contribution in [2.45, 2.75) is 6.54 Å². The van der Waals surface area contributed by atoms with Gasteiger partial charge in [0, 0.05) is 32.2 Å². The number of hydrogen-bond acceptors (Lipinski definition) is 3. The van der Waals surface area contributed by atoms with Crippen molar-refractivity contribution in [1.82, 2.24) is 16.0 Å². The zero-order valence-corrected chi connectivity index (χ0v) is 16.6. The molecule has 2 rings (SSSR count). The highest BCUT2D eigenvalue weighted by molar-refractivity contribution is 6.33. The molecule has 1 amide bonds. The Morgan fingerprint density at radius 1 is 1.11 bits per heavy atom. The van der Waals surface area contributed by atoms with Crippen LogP contribution in [0.15, 0.2) is 66.2 Å². The van der Waals surface area contributed by atoms with Crippen molar-refractivity contribution in [1.29, 1.82) is 0 Å². The predicted octanol–water partition coefficient (Wildman–Crippen LogP) is 3.00. The summed E-state index contributed by atoms with van der Waals surface area (Å²) in [7, 11) is 1.69. The van der Waals surface area contributed by atoms with Crippen molar-refractivity contribution in [2.75, 3.05) is 26.7 Å².